The monoisotopic (exact) mass is 453 g/mol. The molecule has 1 aliphatic heterocycles. The van der Waals surface area contributed by atoms with Crippen molar-refractivity contribution in [2.75, 3.05) is 39.2 Å². The van der Waals surface area contributed by atoms with E-state index in [-0.39, 0.29) is 27.7 Å². The number of carbonyl (C=O) groups excluding carboxylic acids is 1. The smallest absolute Gasteiger partial charge is 0.243 e. The van der Waals surface area contributed by atoms with E-state index in [4.69, 9.17) is 0 Å². The molecule has 1 fully saturated rings. The van der Waals surface area contributed by atoms with Crippen LogP contribution in [0.25, 0.3) is 0 Å². The topological polar surface area (TPSA) is 138 Å². The first kappa shape index (κ1) is 22.7. The number of nitrogens with one attached hydrogen (secondary N) is 1. The zero-order valence-electron chi connectivity index (χ0n) is 15.7. The lowest BCUT2D eigenvalue weighted by Gasteiger charge is -2.19. The van der Waals surface area contributed by atoms with Crippen LogP contribution in [0.15, 0.2) is 34.1 Å². The maximum atomic E-state index is 12.7. The second kappa shape index (κ2) is 8.06. The minimum absolute atomic E-state index is 0.0147. The van der Waals surface area contributed by atoms with Crippen LogP contribution < -0.4 is 5.32 Å². The number of carbonyl (C=O) groups is 1. The Kier molecular flexibility index (Phi) is 6.55. The van der Waals surface area contributed by atoms with Crippen LogP contribution in [0.2, 0.25) is 0 Å². The molecule has 1 aromatic rings. The molecule has 0 aromatic heterocycles. The molecular weight excluding hydrogens is 430 g/mol. The summed E-state index contributed by atoms with van der Waals surface area (Å²) in [4.78, 5) is 11.6. The van der Waals surface area contributed by atoms with Gasteiger partial charge in [0.15, 0.2) is 9.84 Å². The number of hydrogen-bond donors (Lipinski definition) is 1. The van der Waals surface area contributed by atoms with E-state index in [1.807, 2.05) is 0 Å². The third kappa shape index (κ3) is 5.08. The summed E-state index contributed by atoms with van der Waals surface area (Å²) in [5.41, 5.74) is 0. The normalized spacial score (nSPS) is 19.8. The third-order valence-corrected chi connectivity index (χ3v) is 9.63. The van der Waals surface area contributed by atoms with Crippen LogP contribution in [0.4, 0.5) is 0 Å². The number of likely N-dealkylation sites (N-methyl/N-ethyl adjacent to an activating group) is 1. The van der Waals surface area contributed by atoms with E-state index < -0.39 is 48.4 Å². The van der Waals surface area contributed by atoms with Crippen molar-refractivity contribution < 1.29 is 30.0 Å². The Morgan fingerprint density at radius 2 is 1.68 bits per heavy atom. The van der Waals surface area contributed by atoms with E-state index in [0.717, 1.165) is 14.7 Å². The number of sulfonamides is 2. The maximum Gasteiger partial charge on any atom is 0.243 e. The summed E-state index contributed by atoms with van der Waals surface area (Å²) in [5, 5.41) is 2.51. The molecule has 1 aromatic carbocycles. The van der Waals surface area contributed by atoms with Crippen LogP contribution in [-0.2, 0) is 34.7 Å². The summed E-state index contributed by atoms with van der Waals surface area (Å²) >= 11 is 0. The second-order valence-electron chi connectivity index (χ2n) is 6.69. The lowest BCUT2D eigenvalue weighted by Crippen LogP contribution is -2.43. The fourth-order valence-corrected chi connectivity index (χ4v) is 6.52. The van der Waals surface area contributed by atoms with Gasteiger partial charge in [0, 0.05) is 27.2 Å². The third-order valence-electron chi connectivity index (χ3n) is 4.26. The number of benzene rings is 1. The van der Waals surface area contributed by atoms with Crippen molar-refractivity contribution in [1.82, 2.24) is 13.9 Å². The number of amides is 1. The van der Waals surface area contributed by atoms with Gasteiger partial charge in [0.05, 0.1) is 27.8 Å². The van der Waals surface area contributed by atoms with Gasteiger partial charge in [0.1, 0.15) is 0 Å². The Morgan fingerprint density at radius 3 is 2.18 bits per heavy atom. The minimum atomic E-state index is -4.13. The van der Waals surface area contributed by atoms with E-state index in [0.29, 0.717) is 0 Å². The molecule has 2 rings (SSSR count). The quantitative estimate of drug-likeness (QED) is 0.551. The lowest BCUT2D eigenvalue weighted by molar-refractivity contribution is -0.121. The van der Waals surface area contributed by atoms with Gasteiger partial charge < -0.3 is 5.32 Å². The predicted octanol–water partition coefficient (Wildman–Crippen LogP) is -1.14. The zero-order valence-corrected chi connectivity index (χ0v) is 18.1. The van der Waals surface area contributed by atoms with Crippen LogP contribution >= 0.6 is 0 Å². The van der Waals surface area contributed by atoms with Gasteiger partial charge in [0.2, 0.25) is 26.0 Å². The Labute approximate surface area is 165 Å². The summed E-state index contributed by atoms with van der Waals surface area (Å²) in [6.45, 7) is -0.524. The van der Waals surface area contributed by atoms with E-state index in [1.165, 1.54) is 39.3 Å². The van der Waals surface area contributed by atoms with E-state index in [1.54, 1.807) is 0 Å². The fraction of sp³-hybridized carbons (Fsp3) is 0.533. The van der Waals surface area contributed by atoms with Crippen molar-refractivity contribution in [3.8, 4) is 0 Å². The summed E-state index contributed by atoms with van der Waals surface area (Å²) < 4.78 is 74.4. The van der Waals surface area contributed by atoms with Gasteiger partial charge in [-0.05, 0) is 24.6 Å². The molecule has 0 spiro atoms. The molecule has 158 valence electrons. The summed E-state index contributed by atoms with van der Waals surface area (Å²) in [6.07, 6.45) is 0.287. The highest BCUT2D eigenvalue weighted by Crippen LogP contribution is 2.20. The van der Waals surface area contributed by atoms with Crippen LogP contribution in [0.5, 0.6) is 0 Å². The van der Waals surface area contributed by atoms with E-state index >= 15 is 0 Å². The Balaban J connectivity index is 2.15. The largest absolute Gasteiger partial charge is 0.351 e. The molecule has 1 atom stereocenters. The standard InChI is InChI=1S/C15H23N3O7S3/c1-17(2)27(22,23)13-5-4-6-14(9-13)28(24,25)18(3)10-15(19)16-12-7-8-26(20,21)11-12/h4-6,9,12H,7-8,10-11H2,1-3H3,(H,16,19)/t12-/m0/s1. The van der Waals surface area contributed by atoms with E-state index in [2.05, 4.69) is 5.32 Å². The Hall–Kier alpha value is -1.54. The molecule has 1 N–H and O–H groups in total. The molecular formula is C15H23N3O7S3. The highest BCUT2D eigenvalue weighted by molar-refractivity contribution is 7.91. The van der Waals surface area contributed by atoms with Crippen LogP contribution in [-0.4, -0.2) is 85.0 Å². The van der Waals surface area contributed by atoms with Crippen molar-refractivity contribution in [3.05, 3.63) is 24.3 Å². The molecule has 1 saturated heterocycles. The van der Waals surface area contributed by atoms with Crippen LogP contribution in [0, 0.1) is 0 Å². The molecule has 0 unspecified atom stereocenters. The Bertz CT molecular complexity index is 1060. The van der Waals surface area contributed by atoms with Crippen LogP contribution in [0.1, 0.15) is 6.42 Å². The number of hydrogen-bond acceptors (Lipinski definition) is 7. The van der Waals surface area contributed by atoms with Gasteiger partial charge in [-0.15, -0.1) is 0 Å². The van der Waals surface area contributed by atoms with Crippen molar-refractivity contribution in [1.29, 1.82) is 0 Å². The molecule has 1 amide bonds. The van der Waals surface area contributed by atoms with Crippen LogP contribution in [0.3, 0.4) is 0 Å². The average Bonchev–Trinajstić information content (AvgIpc) is 2.93. The first-order valence-electron chi connectivity index (χ1n) is 8.24. The highest BCUT2D eigenvalue weighted by Gasteiger charge is 2.30. The summed E-state index contributed by atoms with van der Waals surface area (Å²) in [6, 6.07) is 4.31. The van der Waals surface area contributed by atoms with Gasteiger partial charge in [0.25, 0.3) is 0 Å². The first-order chi connectivity index (χ1) is 12.8. The Morgan fingerprint density at radius 1 is 1.11 bits per heavy atom. The van der Waals surface area contributed by atoms with Crippen molar-refractivity contribution in [2.45, 2.75) is 22.3 Å². The minimum Gasteiger partial charge on any atom is -0.351 e. The zero-order chi connectivity index (χ0) is 21.3. The van der Waals surface area contributed by atoms with Gasteiger partial charge >= 0.3 is 0 Å². The molecule has 1 aliphatic rings. The first-order valence-corrected chi connectivity index (χ1v) is 12.9. The van der Waals surface area contributed by atoms with Gasteiger partial charge in [-0.1, -0.05) is 6.07 Å². The molecule has 0 aliphatic carbocycles. The van der Waals surface area contributed by atoms with Crippen molar-refractivity contribution >= 4 is 35.8 Å². The average molecular weight is 454 g/mol. The molecule has 0 saturated carbocycles. The molecule has 10 nitrogen and oxygen atoms in total. The lowest BCUT2D eigenvalue weighted by atomic mass is 10.2. The van der Waals surface area contributed by atoms with Gasteiger partial charge in [-0.25, -0.2) is 29.6 Å². The summed E-state index contributed by atoms with van der Waals surface area (Å²) in [5.74, 6) is -0.816. The molecule has 13 heteroatoms. The molecule has 1 heterocycles. The van der Waals surface area contributed by atoms with Crippen molar-refractivity contribution in [2.24, 2.45) is 0 Å². The van der Waals surface area contributed by atoms with E-state index in [9.17, 15) is 30.0 Å². The maximum absolute atomic E-state index is 12.7. The fourth-order valence-electron chi connectivity index (χ4n) is 2.66. The second-order valence-corrected chi connectivity index (χ2v) is 13.1. The van der Waals surface area contributed by atoms with Gasteiger partial charge in [-0.3, -0.25) is 4.79 Å². The predicted molar refractivity (Wildman–Crippen MR) is 102 cm³/mol. The molecule has 0 radical (unpaired) electrons. The molecule has 0 bridgehead atoms. The highest BCUT2D eigenvalue weighted by atomic mass is 32.2. The number of nitrogens with zero attached hydrogens (tertiary/aromatic N) is 2. The SMILES string of the molecule is CN(C)S(=O)(=O)c1cccc(S(=O)(=O)N(C)CC(=O)N[C@H]2CCS(=O)(=O)C2)c1. The number of rotatable bonds is 7. The summed E-state index contributed by atoms with van der Waals surface area (Å²) in [7, 11) is -7.28. The molecule has 28 heavy (non-hydrogen) atoms. The van der Waals surface area contributed by atoms with Gasteiger partial charge in [-0.2, -0.15) is 4.31 Å². The number of sulfone groups is 1. The van der Waals surface area contributed by atoms with Crippen molar-refractivity contribution in [3.63, 3.8) is 0 Å².